The summed E-state index contributed by atoms with van der Waals surface area (Å²) in [5.74, 6) is 1.18. The van der Waals surface area contributed by atoms with Crippen LogP contribution in [0.15, 0.2) is 73.6 Å². The number of fused-ring (bicyclic) bond motifs is 1. The average molecular weight is 426 g/mol. The number of pyridine rings is 1. The lowest BCUT2D eigenvalue weighted by Gasteiger charge is -2.11. The van der Waals surface area contributed by atoms with E-state index in [9.17, 15) is 0 Å². The van der Waals surface area contributed by atoms with Crippen molar-refractivity contribution in [2.45, 2.75) is 6.92 Å². The molecule has 0 bridgehead atoms. The molecule has 0 aliphatic rings. The second-order valence-corrected chi connectivity index (χ2v) is 8.13. The van der Waals surface area contributed by atoms with E-state index in [1.807, 2.05) is 61.5 Å². The van der Waals surface area contributed by atoms with Crippen molar-refractivity contribution in [3.63, 3.8) is 0 Å². The molecule has 31 heavy (non-hydrogen) atoms. The maximum absolute atomic E-state index is 5.88. The normalized spacial score (nSPS) is 11.0. The number of nitrogens with one attached hydrogen (secondary N) is 1. The second kappa shape index (κ2) is 7.66. The van der Waals surface area contributed by atoms with Gasteiger partial charge in [-0.25, -0.2) is 14.6 Å². The molecule has 0 aliphatic heterocycles. The highest BCUT2D eigenvalue weighted by Gasteiger charge is 2.16. The molecule has 152 valence electrons. The number of anilines is 2. The molecule has 5 aromatic rings. The molecule has 0 atom stereocenters. The van der Waals surface area contributed by atoms with E-state index in [4.69, 9.17) is 15.7 Å². The highest BCUT2D eigenvalue weighted by atomic mass is 32.1. The van der Waals surface area contributed by atoms with E-state index in [1.54, 1.807) is 17.1 Å². The fourth-order valence-corrected chi connectivity index (χ4v) is 3.91. The van der Waals surface area contributed by atoms with E-state index < -0.39 is 0 Å². The number of para-hydroxylation sites is 1. The summed E-state index contributed by atoms with van der Waals surface area (Å²) in [6, 6.07) is 17.6. The van der Waals surface area contributed by atoms with Crippen molar-refractivity contribution in [2.75, 3.05) is 11.1 Å². The smallest absolute Gasteiger partial charge is 0.169 e. The maximum Gasteiger partial charge on any atom is 0.169 e. The van der Waals surface area contributed by atoms with Gasteiger partial charge >= 0.3 is 0 Å². The number of benzene rings is 1. The number of nitrogens with two attached hydrogens (primary N) is 1. The molecule has 4 aromatic heterocycles. The molecular weight excluding hydrogens is 406 g/mol. The van der Waals surface area contributed by atoms with Gasteiger partial charge in [-0.05, 0) is 43.3 Å². The van der Waals surface area contributed by atoms with Gasteiger partial charge in [-0.3, -0.25) is 4.98 Å². The molecule has 0 saturated heterocycles. The minimum atomic E-state index is 0.554. The van der Waals surface area contributed by atoms with E-state index in [0.29, 0.717) is 23.0 Å². The summed E-state index contributed by atoms with van der Waals surface area (Å²) in [7, 11) is 0. The topological polar surface area (TPSA) is 94.5 Å². The van der Waals surface area contributed by atoms with Gasteiger partial charge < -0.3 is 11.1 Å². The molecule has 0 spiro atoms. The predicted octanol–water partition coefficient (Wildman–Crippen LogP) is 4.91. The van der Waals surface area contributed by atoms with Crippen LogP contribution in [-0.4, -0.2) is 24.7 Å². The summed E-state index contributed by atoms with van der Waals surface area (Å²) in [5, 5.41) is 9.43. The van der Waals surface area contributed by atoms with Crippen molar-refractivity contribution in [1.82, 2.24) is 24.7 Å². The SMILES string of the molecule is C=C(Nc1nc(-c2ccc(C)nc2)nc2c1cnn2-c1ccccc1)c1ccc(N)s1. The Hall–Kier alpha value is -4.04. The van der Waals surface area contributed by atoms with Gasteiger partial charge in [-0.2, -0.15) is 5.10 Å². The van der Waals surface area contributed by atoms with Crippen molar-refractivity contribution >= 4 is 38.9 Å². The van der Waals surface area contributed by atoms with Crippen molar-refractivity contribution in [3.8, 4) is 17.1 Å². The minimum Gasteiger partial charge on any atom is -0.391 e. The molecule has 0 radical (unpaired) electrons. The quantitative estimate of drug-likeness (QED) is 0.415. The first-order chi connectivity index (χ1) is 15.1. The lowest BCUT2D eigenvalue weighted by molar-refractivity contribution is 0.896. The van der Waals surface area contributed by atoms with Gasteiger partial charge in [0, 0.05) is 23.2 Å². The molecule has 1 aromatic carbocycles. The van der Waals surface area contributed by atoms with Gasteiger partial charge in [-0.1, -0.05) is 24.8 Å². The second-order valence-electron chi connectivity index (χ2n) is 7.02. The van der Waals surface area contributed by atoms with Crippen LogP contribution in [0.5, 0.6) is 0 Å². The summed E-state index contributed by atoms with van der Waals surface area (Å²) >= 11 is 1.47. The van der Waals surface area contributed by atoms with Gasteiger partial charge in [0.2, 0.25) is 0 Å². The maximum atomic E-state index is 5.88. The zero-order chi connectivity index (χ0) is 21.4. The molecule has 0 unspecified atom stereocenters. The van der Waals surface area contributed by atoms with Crippen LogP contribution in [0.2, 0.25) is 0 Å². The van der Waals surface area contributed by atoms with Gasteiger partial charge in [-0.15, -0.1) is 11.3 Å². The number of rotatable bonds is 5. The molecule has 7 nitrogen and oxygen atoms in total. The summed E-state index contributed by atoms with van der Waals surface area (Å²) in [4.78, 5) is 14.9. The Kier molecular flexibility index (Phi) is 4.68. The van der Waals surface area contributed by atoms with Crippen LogP contribution < -0.4 is 11.1 Å². The lowest BCUT2D eigenvalue weighted by atomic mass is 10.2. The van der Waals surface area contributed by atoms with Gasteiger partial charge in [0.1, 0.15) is 5.82 Å². The number of hydrogen-bond acceptors (Lipinski definition) is 7. The highest BCUT2D eigenvalue weighted by molar-refractivity contribution is 7.16. The third-order valence-electron chi connectivity index (χ3n) is 4.79. The predicted molar refractivity (Wildman–Crippen MR) is 126 cm³/mol. The van der Waals surface area contributed by atoms with Crippen LogP contribution in [0, 0.1) is 6.92 Å². The molecule has 4 heterocycles. The number of aromatic nitrogens is 5. The van der Waals surface area contributed by atoms with Crippen LogP contribution in [0.3, 0.4) is 0 Å². The largest absolute Gasteiger partial charge is 0.391 e. The summed E-state index contributed by atoms with van der Waals surface area (Å²) in [6.07, 6.45) is 3.54. The number of hydrogen-bond donors (Lipinski definition) is 2. The van der Waals surface area contributed by atoms with Gasteiger partial charge in [0.25, 0.3) is 0 Å². The average Bonchev–Trinajstić information content (AvgIpc) is 3.41. The molecule has 0 saturated carbocycles. The molecule has 0 fully saturated rings. The molecular formula is C23H19N7S. The Morgan fingerprint density at radius 1 is 1.03 bits per heavy atom. The number of nitrogens with zero attached hydrogens (tertiary/aromatic N) is 5. The van der Waals surface area contributed by atoms with E-state index in [-0.39, 0.29) is 0 Å². The monoisotopic (exact) mass is 425 g/mol. The molecule has 3 N–H and O–H groups in total. The molecule has 0 aliphatic carbocycles. The van der Waals surface area contributed by atoms with E-state index in [1.165, 1.54) is 11.3 Å². The molecule has 0 amide bonds. The lowest BCUT2D eigenvalue weighted by Crippen LogP contribution is -2.04. The van der Waals surface area contributed by atoms with E-state index in [0.717, 1.165) is 32.2 Å². The fraction of sp³-hybridized carbons (Fsp3) is 0.0435. The number of aryl methyl sites for hydroxylation is 1. The Bertz CT molecular complexity index is 1390. The van der Waals surface area contributed by atoms with Crippen molar-refractivity contribution < 1.29 is 0 Å². The minimum absolute atomic E-state index is 0.554. The summed E-state index contributed by atoms with van der Waals surface area (Å²) in [6.45, 7) is 6.11. The van der Waals surface area contributed by atoms with Crippen LogP contribution in [0.1, 0.15) is 10.6 Å². The summed E-state index contributed by atoms with van der Waals surface area (Å²) in [5.41, 5.74) is 9.96. The van der Waals surface area contributed by atoms with Crippen LogP contribution in [0.25, 0.3) is 33.8 Å². The van der Waals surface area contributed by atoms with E-state index >= 15 is 0 Å². The third-order valence-corrected chi connectivity index (χ3v) is 5.77. The van der Waals surface area contributed by atoms with Crippen LogP contribution >= 0.6 is 11.3 Å². The number of thiophene rings is 1. The zero-order valence-corrected chi connectivity index (χ0v) is 17.6. The number of nitrogen functional groups attached to an aromatic ring is 1. The fourth-order valence-electron chi connectivity index (χ4n) is 3.21. The van der Waals surface area contributed by atoms with Crippen LogP contribution in [0.4, 0.5) is 10.8 Å². The van der Waals surface area contributed by atoms with Crippen molar-refractivity contribution in [2.24, 2.45) is 0 Å². The van der Waals surface area contributed by atoms with Crippen molar-refractivity contribution in [1.29, 1.82) is 0 Å². The van der Waals surface area contributed by atoms with Gasteiger partial charge in [0.15, 0.2) is 11.5 Å². The Labute approximate surface area is 182 Å². The first-order valence-corrected chi connectivity index (χ1v) is 10.5. The first kappa shape index (κ1) is 19.0. The Morgan fingerprint density at radius 3 is 2.58 bits per heavy atom. The van der Waals surface area contributed by atoms with Gasteiger partial charge in [0.05, 0.1) is 27.1 Å². The van der Waals surface area contributed by atoms with E-state index in [2.05, 4.69) is 22.0 Å². The standard InChI is InChI=1S/C23H19N7S/c1-14-8-9-16(12-25-14)21-28-22(27-15(2)19-10-11-20(24)31-19)18-13-26-30(23(18)29-21)17-6-4-3-5-7-17/h3-13H,2,24H2,1H3,(H,27,28,29). The Balaban J connectivity index is 1.66. The van der Waals surface area contributed by atoms with Crippen LogP contribution in [-0.2, 0) is 0 Å². The zero-order valence-electron chi connectivity index (χ0n) is 16.8. The van der Waals surface area contributed by atoms with Crippen molar-refractivity contribution in [3.05, 3.63) is 84.1 Å². The molecule has 8 heteroatoms. The first-order valence-electron chi connectivity index (χ1n) is 9.64. The highest BCUT2D eigenvalue weighted by Crippen LogP contribution is 2.30. The molecule has 5 rings (SSSR count). The third kappa shape index (κ3) is 3.64. The Morgan fingerprint density at radius 2 is 1.87 bits per heavy atom. The summed E-state index contributed by atoms with van der Waals surface area (Å²) < 4.78 is 1.80.